The minimum Gasteiger partial charge on any atom is -0.494 e. The summed E-state index contributed by atoms with van der Waals surface area (Å²) in [7, 11) is 0. The van der Waals surface area contributed by atoms with Crippen LogP contribution >= 0.6 is 0 Å². The minimum absolute atomic E-state index is 0.175. The smallest absolute Gasteiger partial charge is 0.261 e. The quantitative estimate of drug-likeness (QED) is 0.556. The number of nitrogens with one attached hydrogen (secondary N) is 1. The lowest BCUT2D eigenvalue weighted by Gasteiger charge is -2.13. The summed E-state index contributed by atoms with van der Waals surface area (Å²) in [6.07, 6.45) is 1.69. The van der Waals surface area contributed by atoms with E-state index in [9.17, 15) is 9.59 Å². The monoisotopic (exact) mass is 352 g/mol. The summed E-state index contributed by atoms with van der Waals surface area (Å²) in [4.78, 5) is 25.9. The zero-order chi connectivity index (χ0) is 18.4. The number of carbonyl (C=O) groups is 2. The molecule has 0 atom stereocenters. The molecule has 1 N–H and O–H groups in total. The molecule has 1 aliphatic rings. The third-order valence-corrected chi connectivity index (χ3v) is 4.40. The molecule has 0 bridgehead atoms. The summed E-state index contributed by atoms with van der Waals surface area (Å²) in [5, 5.41) is 3.39. The van der Waals surface area contributed by atoms with Crippen LogP contribution < -0.4 is 10.1 Å². The molecular formula is C21H24N2O3. The van der Waals surface area contributed by atoms with Crippen molar-refractivity contribution in [3.63, 3.8) is 0 Å². The van der Waals surface area contributed by atoms with Gasteiger partial charge in [0.15, 0.2) is 0 Å². The van der Waals surface area contributed by atoms with Crippen LogP contribution in [0.25, 0.3) is 0 Å². The zero-order valence-electron chi connectivity index (χ0n) is 15.0. The second kappa shape index (κ2) is 8.63. The number of carbonyl (C=O) groups excluding carboxylic acids is 2. The third kappa shape index (κ3) is 4.11. The van der Waals surface area contributed by atoms with Gasteiger partial charge in [-0.3, -0.25) is 14.5 Å². The van der Waals surface area contributed by atoms with E-state index in [0.29, 0.717) is 24.3 Å². The van der Waals surface area contributed by atoms with Gasteiger partial charge in [-0.1, -0.05) is 24.3 Å². The van der Waals surface area contributed by atoms with Crippen molar-refractivity contribution in [1.29, 1.82) is 0 Å². The highest BCUT2D eigenvalue weighted by molar-refractivity contribution is 6.21. The van der Waals surface area contributed by atoms with Crippen molar-refractivity contribution in [1.82, 2.24) is 10.2 Å². The number of ether oxygens (including phenoxy) is 1. The van der Waals surface area contributed by atoms with Crippen LogP contribution in [0.2, 0.25) is 0 Å². The maximum absolute atomic E-state index is 12.3. The molecule has 0 radical (unpaired) electrons. The number of fused-ring (bicyclic) bond motifs is 1. The Balaban J connectivity index is 1.38. The number of nitrogens with zero attached hydrogens (tertiary/aromatic N) is 1. The Labute approximate surface area is 154 Å². The topological polar surface area (TPSA) is 58.6 Å². The average Bonchev–Trinajstić information content (AvgIpc) is 2.90. The molecule has 0 aliphatic carbocycles. The Kier molecular flexibility index (Phi) is 6.02. The third-order valence-electron chi connectivity index (χ3n) is 4.40. The summed E-state index contributed by atoms with van der Waals surface area (Å²) < 4.78 is 5.50. The van der Waals surface area contributed by atoms with Crippen LogP contribution in [0.4, 0.5) is 0 Å². The SMILES string of the molecule is CCOc1cccc(CNCCCCN2C(=O)c3ccccc3C2=O)c1. The van der Waals surface area contributed by atoms with Gasteiger partial charge in [0, 0.05) is 13.1 Å². The molecule has 5 heteroatoms. The van der Waals surface area contributed by atoms with Crippen molar-refractivity contribution < 1.29 is 14.3 Å². The maximum atomic E-state index is 12.3. The van der Waals surface area contributed by atoms with E-state index in [-0.39, 0.29) is 11.8 Å². The van der Waals surface area contributed by atoms with Crippen LogP contribution in [-0.2, 0) is 6.54 Å². The van der Waals surface area contributed by atoms with Crippen molar-refractivity contribution in [2.75, 3.05) is 19.7 Å². The molecule has 0 unspecified atom stereocenters. The largest absolute Gasteiger partial charge is 0.494 e. The first-order chi connectivity index (χ1) is 12.7. The van der Waals surface area contributed by atoms with Gasteiger partial charge < -0.3 is 10.1 Å². The van der Waals surface area contributed by atoms with Crippen LogP contribution in [-0.4, -0.2) is 36.4 Å². The van der Waals surface area contributed by atoms with Gasteiger partial charge in [0.1, 0.15) is 5.75 Å². The standard InChI is InChI=1S/C21H24N2O3/c1-2-26-17-9-7-8-16(14-17)15-22-12-5-6-13-23-20(24)18-10-3-4-11-19(18)21(23)25/h3-4,7-11,14,22H,2,5-6,12-13,15H2,1H3. The predicted molar refractivity (Wildman–Crippen MR) is 100 cm³/mol. The molecule has 0 aromatic heterocycles. The van der Waals surface area contributed by atoms with Gasteiger partial charge in [0.25, 0.3) is 11.8 Å². The normalized spacial score (nSPS) is 13.2. The summed E-state index contributed by atoms with van der Waals surface area (Å²) in [6.45, 7) is 4.71. The van der Waals surface area contributed by atoms with E-state index in [2.05, 4.69) is 11.4 Å². The molecule has 0 saturated heterocycles. The molecular weight excluding hydrogens is 328 g/mol. The van der Waals surface area contributed by atoms with Gasteiger partial charge in [0.2, 0.25) is 0 Å². The molecule has 3 rings (SSSR count). The molecule has 26 heavy (non-hydrogen) atoms. The Morgan fingerprint density at radius 2 is 1.69 bits per heavy atom. The summed E-state index contributed by atoms with van der Waals surface area (Å²) in [5.41, 5.74) is 2.21. The van der Waals surface area contributed by atoms with Crippen molar-refractivity contribution in [2.45, 2.75) is 26.3 Å². The summed E-state index contributed by atoms with van der Waals surface area (Å²) >= 11 is 0. The first-order valence-electron chi connectivity index (χ1n) is 9.08. The van der Waals surface area contributed by atoms with Gasteiger partial charge >= 0.3 is 0 Å². The molecule has 5 nitrogen and oxygen atoms in total. The molecule has 2 amide bonds. The molecule has 1 heterocycles. The number of benzene rings is 2. The molecule has 2 aromatic rings. The summed E-state index contributed by atoms with van der Waals surface area (Å²) in [5.74, 6) is 0.537. The second-order valence-electron chi connectivity index (χ2n) is 6.27. The van der Waals surface area contributed by atoms with Gasteiger partial charge in [-0.2, -0.15) is 0 Å². The average molecular weight is 352 g/mol. The molecule has 2 aromatic carbocycles. The van der Waals surface area contributed by atoms with Crippen LogP contribution in [0, 0.1) is 0 Å². The lowest BCUT2D eigenvalue weighted by molar-refractivity contribution is 0.0651. The van der Waals surface area contributed by atoms with Crippen LogP contribution in [0.5, 0.6) is 5.75 Å². The van der Waals surface area contributed by atoms with E-state index in [1.165, 1.54) is 10.5 Å². The van der Waals surface area contributed by atoms with Crippen LogP contribution in [0.15, 0.2) is 48.5 Å². The van der Waals surface area contributed by atoms with Crippen molar-refractivity contribution in [3.05, 3.63) is 65.2 Å². The van der Waals surface area contributed by atoms with Gasteiger partial charge in [-0.05, 0) is 56.1 Å². The van der Waals surface area contributed by atoms with Crippen molar-refractivity contribution in [3.8, 4) is 5.75 Å². The molecule has 136 valence electrons. The molecule has 0 fully saturated rings. The minimum atomic E-state index is -0.175. The van der Waals surface area contributed by atoms with Gasteiger partial charge in [-0.15, -0.1) is 0 Å². The fraction of sp³-hybridized carbons (Fsp3) is 0.333. The highest BCUT2D eigenvalue weighted by Crippen LogP contribution is 2.22. The Morgan fingerprint density at radius 3 is 2.38 bits per heavy atom. The van der Waals surface area contributed by atoms with Crippen LogP contribution in [0.3, 0.4) is 0 Å². The number of imide groups is 1. The van der Waals surface area contributed by atoms with E-state index in [0.717, 1.165) is 31.7 Å². The van der Waals surface area contributed by atoms with E-state index < -0.39 is 0 Å². The van der Waals surface area contributed by atoms with Crippen LogP contribution in [0.1, 0.15) is 46.0 Å². The number of unbranched alkanes of at least 4 members (excludes halogenated alkanes) is 1. The van der Waals surface area contributed by atoms with E-state index in [4.69, 9.17) is 4.74 Å². The lowest BCUT2D eigenvalue weighted by atomic mass is 10.1. The second-order valence-corrected chi connectivity index (χ2v) is 6.27. The first kappa shape index (κ1) is 18.1. The highest BCUT2D eigenvalue weighted by atomic mass is 16.5. The van der Waals surface area contributed by atoms with E-state index >= 15 is 0 Å². The first-order valence-corrected chi connectivity index (χ1v) is 9.08. The van der Waals surface area contributed by atoms with Gasteiger partial charge in [-0.25, -0.2) is 0 Å². The molecule has 1 aliphatic heterocycles. The maximum Gasteiger partial charge on any atom is 0.261 e. The number of hydrogen-bond acceptors (Lipinski definition) is 4. The summed E-state index contributed by atoms with van der Waals surface area (Å²) in [6, 6.07) is 15.1. The van der Waals surface area contributed by atoms with Crippen molar-refractivity contribution in [2.24, 2.45) is 0 Å². The lowest BCUT2D eigenvalue weighted by Crippen LogP contribution is -2.31. The Bertz CT molecular complexity index is 753. The fourth-order valence-corrected chi connectivity index (χ4v) is 3.11. The van der Waals surface area contributed by atoms with Gasteiger partial charge in [0.05, 0.1) is 17.7 Å². The Hall–Kier alpha value is -2.66. The number of rotatable bonds is 9. The molecule has 0 spiro atoms. The zero-order valence-corrected chi connectivity index (χ0v) is 15.0. The van der Waals surface area contributed by atoms with E-state index in [1.807, 2.05) is 25.1 Å². The Morgan fingerprint density at radius 1 is 0.962 bits per heavy atom. The van der Waals surface area contributed by atoms with E-state index in [1.54, 1.807) is 24.3 Å². The fourth-order valence-electron chi connectivity index (χ4n) is 3.11. The highest BCUT2D eigenvalue weighted by Gasteiger charge is 2.34. The molecule has 0 saturated carbocycles. The number of amides is 2. The number of hydrogen-bond donors (Lipinski definition) is 1. The predicted octanol–water partition coefficient (Wildman–Crippen LogP) is 3.25. The van der Waals surface area contributed by atoms with Crippen molar-refractivity contribution >= 4 is 11.8 Å².